The molecule has 0 spiro atoms. The third-order valence-electron chi connectivity index (χ3n) is 4.09. The van der Waals surface area contributed by atoms with E-state index in [0.29, 0.717) is 12.0 Å². The molecule has 1 aliphatic heterocycles. The lowest BCUT2D eigenvalue weighted by Gasteiger charge is -2.32. The average molecular weight is 385 g/mol. The first-order valence-corrected chi connectivity index (χ1v) is 9.96. The van der Waals surface area contributed by atoms with Crippen LogP contribution >= 0.6 is 0 Å². The van der Waals surface area contributed by atoms with Gasteiger partial charge in [-0.2, -0.15) is 0 Å². The number of ether oxygens (including phenoxy) is 1. The molecule has 1 heterocycles. The molecule has 0 fully saturated rings. The number of rotatable bonds is 5. The lowest BCUT2D eigenvalue weighted by Crippen LogP contribution is -2.39. The smallest absolute Gasteiger partial charge is 0.308 e. The first-order chi connectivity index (χ1) is 12.9. The van der Waals surface area contributed by atoms with Crippen molar-refractivity contribution in [2.45, 2.75) is 25.2 Å². The highest BCUT2D eigenvalue weighted by Crippen LogP contribution is 2.38. The summed E-state index contributed by atoms with van der Waals surface area (Å²) in [4.78, 5) is 24.9. The Kier molecular flexibility index (Phi) is 5.14. The van der Waals surface area contributed by atoms with Crippen molar-refractivity contribution >= 4 is 27.5 Å². The minimum absolute atomic E-state index is 0.0133. The first kappa shape index (κ1) is 18.8. The second-order valence-electron chi connectivity index (χ2n) is 6.04. The van der Waals surface area contributed by atoms with Gasteiger partial charge in [0.1, 0.15) is 5.70 Å². The Bertz CT molecular complexity index is 1030. The molecule has 0 saturated carbocycles. The lowest BCUT2D eigenvalue weighted by molar-refractivity contribution is -0.134. The summed E-state index contributed by atoms with van der Waals surface area (Å²) in [6.07, 6.45) is 0.486. The van der Waals surface area contributed by atoms with Crippen LogP contribution in [0.15, 0.2) is 65.2 Å². The van der Waals surface area contributed by atoms with E-state index >= 15 is 0 Å². The van der Waals surface area contributed by atoms with E-state index in [1.165, 1.54) is 19.1 Å². The molecule has 140 valence electrons. The standard InChI is InChI=1S/C20H19NO5S/c1-3-13-21-18(19(23)15-9-5-4-6-10-15)20(26-14(2)22)16-11-7-8-12-17(16)27(21,24)25/h4-12H,3,13H2,1-2H3. The van der Waals surface area contributed by atoms with Crippen LogP contribution in [0.2, 0.25) is 0 Å². The molecule has 2 aromatic rings. The van der Waals surface area contributed by atoms with E-state index in [-0.39, 0.29) is 28.5 Å². The zero-order valence-corrected chi connectivity index (χ0v) is 15.8. The fourth-order valence-corrected chi connectivity index (χ4v) is 4.74. The molecule has 0 saturated heterocycles. The fraction of sp³-hybridized carbons (Fsp3) is 0.200. The van der Waals surface area contributed by atoms with Gasteiger partial charge in [-0.3, -0.25) is 13.9 Å². The van der Waals surface area contributed by atoms with E-state index in [2.05, 4.69) is 0 Å². The van der Waals surface area contributed by atoms with Crippen molar-refractivity contribution in [1.29, 1.82) is 0 Å². The van der Waals surface area contributed by atoms with E-state index < -0.39 is 21.8 Å². The van der Waals surface area contributed by atoms with Crippen LogP contribution in [-0.2, 0) is 19.6 Å². The number of hydrogen-bond donors (Lipinski definition) is 0. The maximum atomic E-state index is 13.2. The molecule has 0 amide bonds. The number of benzene rings is 2. The number of sulfonamides is 1. The molecule has 0 N–H and O–H groups in total. The summed E-state index contributed by atoms with van der Waals surface area (Å²) in [6, 6.07) is 14.5. The minimum Gasteiger partial charge on any atom is -0.424 e. The van der Waals surface area contributed by atoms with Gasteiger partial charge in [0.05, 0.1) is 4.90 Å². The van der Waals surface area contributed by atoms with Gasteiger partial charge in [0, 0.05) is 24.6 Å². The lowest BCUT2D eigenvalue weighted by atomic mass is 10.0. The Hall–Kier alpha value is -2.93. The topological polar surface area (TPSA) is 80.8 Å². The van der Waals surface area contributed by atoms with E-state index in [4.69, 9.17) is 4.74 Å². The van der Waals surface area contributed by atoms with E-state index in [1.54, 1.807) is 42.5 Å². The van der Waals surface area contributed by atoms with Gasteiger partial charge in [-0.1, -0.05) is 49.4 Å². The van der Waals surface area contributed by atoms with E-state index in [9.17, 15) is 18.0 Å². The predicted octanol–water partition coefficient (Wildman–Crippen LogP) is 3.22. The van der Waals surface area contributed by atoms with Crippen molar-refractivity contribution in [1.82, 2.24) is 4.31 Å². The van der Waals surface area contributed by atoms with Crippen molar-refractivity contribution < 1.29 is 22.7 Å². The summed E-state index contributed by atoms with van der Waals surface area (Å²) in [5, 5.41) is 0. The van der Waals surface area contributed by atoms with Crippen LogP contribution < -0.4 is 0 Å². The number of esters is 1. The van der Waals surface area contributed by atoms with Gasteiger partial charge in [-0.15, -0.1) is 0 Å². The number of ketones is 1. The van der Waals surface area contributed by atoms with Crippen molar-refractivity contribution in [2.24, 2.45) is 0 Å². The zero-order valence-electron chi connectivity index (χ0n) is 15.0. The van der Waals surface area contributed by atoms with Gasteiger partial charge in [0.15, 0.2) is 5.76 Å². The molecule has 1 aliphatic rings. The Morgan fingerprint density at radius 1 is 1.00 bits per heavy atom. The summed E-state index contributed by atoms with van der Waals surface area (Å²) < 4.78 is 32.7. The minimum atomic E-state index is -3.95. The first-order valence-electron chi connectivity index (χ1n) is 8.52. The SMILES string of the molecule is CCCN1C(C(=O)c2ccccc2)=C(OC(C)=O)c2ccccc2S1(=O)=O. The Labute approximate surface area is 158 Å². The van der Waals surface area contributed by atoms with Crippen LogP contribution in [0.5, 0.6) is 0 Å². The van der Waals surface area contributed by atoms with Crippen LogP contribution in [0.1, 0.15) is 36.2 Å². The molecule has 6 nitrogen and oxygen atoms in total. The van der Waals surface area contributed by atoms with Crippen LogP contribution in [0.4, 0.5) is 0 Å². The molecule has 3 rings (SSSR count). The van der Waals surface area contributed by atoms with Gasteiger partial charge in [0.25, 0.3) is 10.0 Å². The molecular weight excluding hydrogens is 366 g/mol. The number of fused-ring (bicyclic) bond motifs is 1. The highest BCUT2D eigenvalue weighted by atomic mass is 32.2. The molecule has 7 heteroatoms. The second-order valence-corrected chi connectivity index (χ2v) is 7.87. The number of Topliss-reactive ketones (excluding diaryl/α,β-unsaturated/α-hetero) is 1. The van der Waals surface area contributed by atoms with Gasteiger partial charge in [-0.25, -0.2) is 8.42 Å². The summed E-state index contributed by atoms with van der Waals surface area (Å²) in [5.41, 5.74) is 0.379. The van der Waals surface area contributed by atoms with Crippen molar-refractivity contribution in [3.05, 3.63) is 71.4 Å². The molecule has 0 radical (unpaired) electrons. The maximum absolute atomic E-state index is 13.2. The van der Waals surface area contributed by atoms with E-state index in [0.717, 1.165) is 4.31 Å². The number of nitrogens with zero attached hydrogens (tertiary/aromatic N) is 1. The van der Waals surface area contributed by atoms with Crippen molar-refractivity contribution in [3.63, 3.8) is 0 Å². The highest BCUT2D eigenvalue weighted by Gasteiger charge is 2.41. The zero-order chi connectivity index (χ0) is 19.6. The summed E-state index contributed by atoms with van der Waals surface area (Å²) in [6.45, 7) is 3.12. The highest BCUT2D eigenvalue weighted by molar-refractivity contribution is 7.89. The predicted molar refractivity (Wildman–Crippen MR) is 100 cm³/mol. The maximum Gasteiger partial charge on any atom is 0.308 e. The molecule has 2 aromatic carbocycles. The van der Waals surface area contributed by atoms with Crippen molar-refractivity contribution in [3.8, 4) is 0 Å². The molecule has 0 bridgehead atoms. The Morgan fingerprint density at radius 3 is 2.26 bits per heavy atom. The average Bonchev–Trinajstić information content (AvgIpc) is 2.66. The normalized spacial score (nSPS) is 15.3. The molecule has 0 atom stereocenters. The molecule has 0 aromatic heterocycles. The number of allylic oxidation sites excluding steroid dienone is 1. The number of carbonyl (C=O) groups excluding carboxylic acids is 2. The Morgan fingerprint density at radius 2 is 1.63 bits per heavy atom. The molecule has 27 heavy (non-hydrogen) atoms. The quantitative estimate of drug-likeness (QED) is 0.583. The molecule has 0 aliphatic carbocycles. The summed E-state index contributed by atoms with van der Waals surface area (Å²) >= 11 is 0. The van der Waals surface area contributed by atoms with E-state index in [1.807, 2.05) is 6.92 Å². The van der Waals surface area contributed by atoms with Crippen molar-refractivity contribution in [2.75, 3.05) is 6.54 Å². The molecule has 0 unspecified atom stereocenters. The van der Waals surface area contributed by atoms with Gasteiger partial charge in [0.2, 0.25) is 5.78 Å². The third-order valence-corrected chi connectivity index (χ3v) is 5.94. The van der Waals surface area contributed by atoms with Gasteiger partial charge < -0.3 is 4.74 Å². The largest absolute Gasteiger partial charge is 0.424 e. The van der Waals surface area contributed by atoms with Crippen LogP contribution in [-0.4, -0.2) is 31.0 Å². The number of carbonyl (C=O) groups is 2. The summed E-state index contributed by atoms with van der Waals surface area (Å²) in [7, 11) is -3.95. The summed E-state index contributed by atoms with van der Waals surface area (Å²) in [5.74, 6) is -1.18. The third kappa shape index (κ3) is 3.38. The van der Waals surface area contributed by atoms with Crippen LogP contribution in [0.25, 0.3) is 5.76 Å². The second kappa shape index (κ2) is 7.36. The van der Waals surface area contributed by atoms with Gasteiger partial charge in [-0.05, 0) is 18.6 Å². The van der Waals surface area contributed by atoms with Gasteiger partial charge >= 0.3 is 5.97 Å². The fourth-order valence-electron chi connectivity index (χ4n) is 2.98. The monoisotopic (exact) mass is 385 g/mol. The number of hydrogen-bond acceptors (Lipinski definition) is 5. The van der Waals surface area contributed by atoms with Crippen LogP contribution in [0.3, 0.4) is 0 Å². The van der Waals surface area contributed by atoms with Crippen LogP contribution in [0, 0.1) is 0 Å². The Balaban J connectivity index is 2.34. The molecular formula is C20H19NO5S.